The predicted molar refractivity (Wildman–Crippen MR) is 86.4 cm³/mol. The van der Waals surface area contributed by atoms with Crippen LogP contribution in [0.3, 0.4) is 0 Å². The average Bonchev–Trinajstić information content (AvgIpc) is 2.48. The molecule has 0 aliphatic carbocycles. The third-order valence-electron chi connectivity index (χ3n) is 2.92. The van der Waals surface area contributed by atoms with Crippen molar-refractivity contribution in [3.63, 3.8) is 0 Å². The van der Waals surface area contributed by atoms with E-state index < -0.39 is 0 Å². The number of rotatable bonds is 6. The smallest absolute Gasteiger partial charge is 0.194 e. The molecule has 0 amide bonds. The standard InChI is InChI=1S/C17H17BrO3/c1-3-20-13-7-5-12(6-8-13)17(19)15-10-9-14(21-4-2)11-16(15)18/h5-11H,3-4H2,1-2H3. The molecule has 0 unspecified atom stereocenters. The first-order chi connectivity index (χ1) is 10.2. The van der Waals surface area contributed by atoms with E-state index in [0.717, 1.165) is 16.0 Å². The molecule has 0 aliphatic rings. The van der Waals surface area contributed by atoms with Gasteiger partial charge >= 0.3 is 0 Å². The van der Waals surface area contributed by atoms with Crippen LogP contribution in [0.5, 0.6) is 11.5 Å². The van der Waals surface area contributed by atoms with Gasteiger partial charge in [-0.05, 0) is 72.2 Å². The summed E-state index contributed by atoms with van der Waals surface area (Å²) in [6.07, 6.45) is 0. The second-order valence-electron chi connectivity index (χ2n) is 4.36. The summed E-state index contributed by atoms with van der Waals surface area (Å²) in [7, 11) is 0. The summed E-state index contributed by atoms with van der Waals surface area (Å²) in [5.74, 6) is 1.47. The van der Waals surface area contributed by atoms with Gasteiger partial charge in [-0.2, -0.15) is 0 Å². The summed E-state index contributed by atoms with van der Waals surface area (Å²) in [5.41, 5.74) is 1.24. The monoisotopic (exact) mass is 348 g/mol. The average molecular weight is 349 g/mol. The third-order valence-corrected chi connectivity index (χ3v) is 3.58. The number of ketones is 1. The van der Waals surface area contributed by atoms with E-state index >= 15 is 0 Å². The lowest BCUT2D eigenvalue weighted by Gasteiger charge is -2.08. The summed E-state index contributed by atoms with van der Waals surface area (Å²) in [6.45, 7) is 5.05. The molecule has 0 fully saturated rings. The molecule has 0 radical (unpaired) electrons. The van der Waals surface area contributed by atoms with Gasteiger partial charge in [-0.1, -0.05) is 0 Å². The van der Waals surface area contributed by atoms with Crippen LogP contribution in [0.25, 0.3) is 0 Å². The Hall–Kier alpha value is -1.81. The zero-order valence-electron chi connectivity index (χ0n) is 12.1. The minimum atomic E-state index is -0.0343. The van der Waals surface area contributed by atoms with Gasteiger partial charge in [0.05, 0.1) is 13.2 Å². The van der Waals surface area contributed by atoms with Crippen molar-refractivity contribution in [2.75, 3.05) is 13.2 Å². The molecular formula is C17H17BrO3. The van der Waals surface area contributed by atoms with Gasteiger partial charge in [-0.25, -0.2) is 0 Å². The molecule has 0 heterocycles. The van der Waals surface area contributed by atoms with Gasteiger partial charge in [0.1, 0.15) is 11.5 Å². The maximum atomic E-state index is 12.5. The van der Waals surface area contributed by atoms with E-state index in [4.69, 9.17) is 9.47 Å². The molecule has 2 rings (SSSR count). The van der Waals surface area contributed by atoms with Crippen LogP contribution in [-0.2, 0) is 0 Å². The molecule has 0 atom stereocenters. The molecule has 0 bridgehead atoms. The molecule has 0 saturated heterocycles. The van der Waals surface area contributed by atoms with Gasteiger partial charge in [0.15, 0.2) is 5.78 Å². The lowest BCUT2D eigenvalue weighted by Crippen LogP contribution is -2.03. The molecule has 2 aromatic carbocycles. The Labute approximate surface area is 133 Å². The van der Waals surface area contributed by atoms with Crippen LogP contribution in [0, 0.1) is 0 Å². The van der Waals surface area contributed by atoms with Crippen molar-refractivity contribution >= 4 is 21.7 Å². The Morgan fingerprint density at radius 1 is 0.952 bits per heavy atom. The molecule has 0 saturated carbocycles. The topological polar surface area (TPSA) is 35.5 Å². The molecule has 0 spiro atoms. The van der Waals surface area contributed by atoms with E-state index in [1.807, 2.05) is 19.9 Å². The zero-order valence-corrected chi connectivity index (χ0v) is 13.6. The normalized spacial score (nSPS) is 10.2. The van der Waals surface area contributed by atoms with Gasteiger partial charge in [0.25, 0.3) is 0 Å². The SMILES string of the molecule is CCOc1ccc(C(=O)c2ccc(OCC)cc2Br)cc1. The number of benzene rings is 2. The highest BCUT2D eigenvalue weighted by molar-refractivity contribution is 9.10. The number of carbonyl (C=O) groups excluding carboxylic acids is 1. The summed E-state index contributed by atoms with van der Waals surface area (Å²) < 4.78 is 11.5. The van der Waals surface area contributed by atoms with Crippen LogP contribution in [0.15, 0.2) is 46.9 Å². The Bertz CT molecular complexity index is 620. The summed E-state index contributed by atoms with van der Waals surface area (Å²) in [5, 5.41) is 0. The van der Waals surface area contributed by atoms with Gasteiger partial charge in [-0.3, -0.25) is 4.79 Å². The Morgan fingerprint density at radius 2 is 1.52 bits per heavy atom. The van der Waals surface area contributed by atoms with Crippen molar-refractivity contribution in [1.29, 1.82) is 0 Å². The number of halogens is 1. The Kier molecular flexibility index (Phi) is 5.39. The van der Waals surface area contributed by atoms with Gasteiger partial charge in [0, 0.05) is 15.6 Å². The van der Waals surface area contributed by atoms with Gasteiger partial charge in [-0.15, -0.1) is 0 Å². The second kappa shape index (κ2) is 7.27. The molecule has 4 heteroatoms. The van der Waals surface area contributed by atoms with Crippen LogP contribution in [0.1, 0.15) is 29.8 Å². The molecule has 0 N–H and O–H groups in total. The molecule has 21 heavy (non-hydrogen) atoms. The number of hydrogen-bond donors (Lipinski definition) is 0. The fraction of sp³-hybridized carbons (Fsp3) is 0.235. The second-order valence-corrected chi connectivity index (χ2v) is 5.22. The zero-order chi connectivity index (χ0) is 15.2. The first-order valence-corrected chi connectivity index (χ1v) is 7.65. The highest BCUT2D eigenvalue weighted by atomic mass is 79.9. The number of carbonyl (C=O) groups is 1. The molecule has 0 aromatic heterocycles. The minimum Gasteiger partial charge on any atom is -0.494 e. The van der Waals surface area contributed by atoms with E-state index in [1.165, 1.54) is 0 Å². The molecule has 0 aliphatic heterocycles. The summed E-state index contributed by atoms with van der Waals surface area (Å²) >= 11 is 3.43. The van der Waals surface area contributed by atoms with Crippen molar-refractivity contribution in [2.24, 2.45) is 0 Å². The fourth-order valence-corrected chi connectivity index (χ4v) is 2.50. The summed E-state index contributed by atoms with van der Waals surface area (Å²) in [4.78, 5) is 12.5. The van der Waals surface area contributed by atoms with Crippen molar-refractivity contribution < 1.29 is 14.3 Å². The van der Waals surface area contributed by atoms with E-state index in [9.17, 15) is 4.79 Å². The van der Waals surface area contributed by atoms with Crippen LogP contribution in [-0.4, -0.2) is 19.0 Å². The van der Waals surface area contributed by atoms with Crippen LogP contribution < -0.4 is 9.47 Å². The van der Waals surface area contributed by atoms with Gasteiger partial charge in [0.2, 0.25) is 0 Å². The van der Waals surface area contributed by atoms with Crippen LogP contribution in [0.2, 0.25) is 0 Å². The first kappa shape index (κ1) is 15.6. The van der Waals surface area contributed by atoms with E-state index in [0.29, 0.717) is 24.3 Å². The quantitative estimate of drug-likeness (QED) is 0.722. The maximum absolute atomic E-state index is 12.5. The number of ether oxygens (including phenoxy) is 2. The number of hydrogen-bond acceptors (Lipinski definition) is 3. The minimum absolute atomic E-state index is 0.0343. The Balaban J connectivity index is 2.23. The highest BCUT2D eigenvalue weighted by Gasteiger charge is 2.13. The highest BCUT2D eigenvalue weighted by Crippen LogP contribution is 2.26. The van der Waals surface area contributed by atoms with Crippen molar-refractivity contribution in [3.05, 3.63) is 58.1 Å². The van der Waals surface area contributed by atoms with E-state index in [1.54, 1.807) is 36.4 Å². The lowest BCUT2D eigenvalue weighted by atomic mass is 10.0. The van der Waals surface area contributed by atoms with Gasteiger partial charge < -0.3 is 9.47 Å². The maximum Gasteiger partial charge on any atom is 0.194 e. The third kappa shape index (κ3) is 3.85. The largest absolute Gasteiger partial charge is 0.494 e. The summed E-state index contributed by atoms with van der Waals surface area (Å²) in [6, 6.07) is 12.5. The molecule has 3 nitrogen and oxygen atoms in total. The first-order valence-electron chi connectivity index (χ1n) is 6.85. The van der Waals surface area contributed by atoms with E-state index in [2.05, 4.69) is 15.9 Å². The van der Waals surface area contributed by atoms with Crippen LogP contribution >= 0.6 is 15.9 Å². The molecule has 110 valence electrons. The molecular weight excluding hydrogens is 332 g/mol. The fourth-order valence-electron chi connectivity index (χ4n) is 1.96. The van der Waals surface area contributed by atoms with Crippen molar-refractivity contribution in [1.82, 2.24) is 0 Å². The lowest BCUT2D eigenvalue weighted by molar-refractivity contribution is 0.103. The van der Waals surface area contributed by atoms with Crippen molar-refractivity contribution in [3.8, 4) is 11.5 Å². The molecule has 2 aromatic rings. The predicted octanol–water partition coefficient (Wildman–Crippen LogP) is 4.48. The van der Waals surface area contributed by atoms with E-state index in [-0.39, 0.29) is 5.78 Å². The van der Waals surface area contributed by atoms with Crippen molar-refractivity contribution in [2.45, 2.75) is 13.8 Å². The Morgan fingerprint density at radius 3 is 2.10 bits per heavy atom. The van der Waals surface area contributed by atoms with Crippen LogP contribution in [0.4, 0.5) is 0 Å².